The molecule has 1 saturated carbocycles. The van der Waals surface area contributed by atoms with E-state index in [-0.39, 0.29) is 18.0 Å². The maximum Gasteiger partial charge on any atom is 0.224 e. The minimum absolute atomic E-state index is 0.00909. The third kappa shape index (κ3) is 3.98. The SMILES string of the molecule is CCC(=O)Nc1ccc(N2C(=S)N[C@H](c3ccccn3)[C@@H]2c2cc(C)n(C3CC3)c2C)cc1C. The quantitative estimate of drug-likeness (QED) is 0.452. The molecule has 2 aliphatic rings. The number of amides is 1. The second-order valence-electron chi connectivity index (χ2n) is 9.33. The van der Waals surface area contributed by atoms with Crippen LogP contribution in [0.4, 0.5) is 11.4 Å². The third-order valence-corrected chi connectivity index (χ3v) is 7.25. The lowest BCUT2D eigenvalue weighted by molar-refractivity contribution is -0.115. The molecule has 0 bridgehead atoms. The summed E-state index contributed by atoms with van der Waals surface area (Å²) in [6.07, 6.45) is 4.78. The number of thiocarbonyl (C=S) groups is 1. The molecule has 6 nitrogen and oxygen atoms in total. The minimum atomic E-state index is -0.0679. The van der Waals surface area contributed by atoms with Crippen LogP contribution in [0.15, 0.2) is 48.7 Å². The minimum Gasteiger partial charge on any atom is -0.351 e. The Balaban J connectivity index is 1.60. The number of rotatable bonds is 6. The summed E-state index contributed by atoms with van der Waals surface area (Å²) in [7, 11) is 0. The first-order valence-corrected chi connectivity index (χ1v) is 12.4. The van der Waals surface area contributed by atoms with Crippen LogP contribution in [0.5, 0.6) is 0 Å². The Bertz CT molecular complexity index is 1250. The first-order chi connectivity index (χ1) is 16.4. The van der Waals surface area contributed by atoms with Crippen molar-refractivity contribution in [1.29, 1.82) is 0 Å². The van der Waals surface area contributed by atoms with Crippen molar-refractivity contribution in [1.82, 2.24) is 14.9 Å². The van der Waals surface area contributed by atoms with Crippen molar-refractivity contribution in [3.63, 3.8) is 0 Å². The van der Waals surface area contributed by atoms with Gasteiger partial charge in [-0.05, 0) is 93.4 Å². The van der Waals surface area contributed by atoms with E-state index in [9.17, 15) is 4.79 Å². The zero-order valence-electron chi connectivity index (χ0n) is 20.1. The van der Waals surface area contributed by atoms with Crippen LogP contribution in [-0.2, 0) is 4.79 Å². The molecule has 1 aromatic carbocycles. The number of nitrogens with one attached hydrogen (secondary N) is 2. The number of pyridine rings is 1. The third-order valence-electron chi connectivity index (χ3n) is 6.94. The fourth-order valence-corrected chi connectivity index (χ4v) is 5.47. The second kappa shape index (κ2) is 8.87. The Labute approximate surface area is 206 Å². The first kappa shape index (κ1) is 22.6. The maximum atomic E-state index is 11.9. The molecule has 3 aromatic rings. The number of anilines is 2. The summed E-state index contributed by atoms with van der Waals surface area (Å²) in [5.41, 5.74) is 7.67. The number of aryl methyl sites for hydroxylation is 2. The van der Waals surface area contributed by atoms with E-state index < -0.39 is 0 Å². The summed E-state index contributed by atoms with van der Waals surface area (Å²) >= 11 is 5.90. The molecule has 1 saturated heterocycles. The zero-order valence-corrected chi connectivity index (χ0v) is 20.9. The summed E-state index contributed by atoms with van der Waals surface area (Å²) in [5.74, 6) is 0.00909. The van der Waals surface area contributed by atoms with E-state index in [2.05, 4.69) is 57.1 Å². The zero-order chi connectivity index (χ0) is 24.0. The number of nitrogens with zero attached hydrogens (tertiary/aromatic N) is 3. The molecule has 2 N–H and O–H groups in total. The van der Waals surface area contributed by atoms with Crippen LogP contribution in [0, 0.1) is 20.8 Å². The van der Waals surface area contributed by atoms with Crippen LogP contribution in [0.25, 0.3) is 0 Å². The molecular formula is C27H31N5OS. The number of carbonyl (C=O) groups is 1. The highest BCUT2D eigenvalue weighted by molar-refractivity contribution is 7.80. The van der Waals surface area contributed by atoms with Gasteiger partial charge in [0.05, 0.1) is 17.8 Å². The summed E-state index contributed by atoms with van der Waals surface area (Å²) in [5, 5.41) is 7.23. The molecule has 34 heavy (non-hydrogen) atoms. The molecule has 1 amide bonds. The highest BCUT2D eigenvalue weighted by Gasteiger charge is 2.43. The van der Waals surface area contributed by atoms with Gasteiger partial charge in [0.25, 0.3) is 0 Å². The topological polar surface area (TPSA) is 62.2 Å². The van der Waals surface area contributed by atoms with Gasteiger partial charge in [-0.2, -0.15) is 0 Å². The summed E-state index contributed by atoms with van der Waals surface area (Å²) in [6.45, 7) is 8.30. The summed E-state index contributed by atoms with van der Waals surface area (Å²) in [6, 6.07) is 15.0. The van der Waals surface area contributed by atoms with Crippen LogP contribution in [0.3, 0.4) is 0 Å². The summed E-state index contributed by atoms with van der Waals surface area (Å²) in [4.78, 5) is 18.8. The lowest BCUT2D eigenvalue weighted by atomic mass is 9.96. The number of carbonyl (C=O) groups excluding carboxylic acids is 1. The van der Waals surface area contributed by atoms with Crippen molar-refractivity contribution in [3.05, 3.63) is 76.9 Å². The molecule has 0 radical (unpaired) electrons. The number of hydrogen-bond acceptors (Lipinski definition) is 3. The molecule has 176 valence electrons. The summed E-state index contributed by atoms with van der Waals surface area (Å²) < 4.78 is 2.49. The van der Waals surface area contributed by atoms with Crippen molar-refractivity contribution >= 4 is 34.6 Å². The van der Waals surface area contributed by atoms with Crippen molar-refractivity contribution in [2.45, 2.75) is 65.1 Å². The van der Waals surface area contributed by atoms with E-state index in [4.69, 9.17) is 12.2 Å². The predicted molar refractivity (Wildman–Crippen MR) is 140 cm³/mol. The van der Waals surface area contributed by atoms with Gasteiger partial charge in [-0.3, -0.25) is 9.78 Å². The van der Waals surface area contributed by atoms with Gasteiger partial charge in [0.2, 0.25) is 5.91 Å². The van der Waals surface area contributed by atoms with E-state index in [1.165, 1.54) is 29.8 Å². The van der Waals surface area contributed by atoms with Crippen LogP contribution in [-0.4, -0.2) is 20.6 Å². The van der Waals surface area contributed by atoms with E-state index in [0.717, 1.165) is 22.6 Å². The van der Waals surface area contributed by atoms with Gasteiger partial charge in [-0.1, -0.05) is 13.0 Å². The Hall–Kier alpha value is -3.19. The fraction of sp³-hybridized carbons (Fsp3) is 0.370. The highest BCUT2D eigenvalue weighted by Crippen LogP contribution is 2.46. The second-order valence-corrected chi connectivity index (χ2v) is 9.71. The molecule has 1 aliphatic carbocycles. The number of hydrogen-bond donors (Lipinski definition) is 2. The van der Waals surface area contributed by atoms with Crippen molar-refractivity contribution in [2.24, 2.45) is 0 Å². The van der Waals surface area contributed by atoms with Crippen LogP contribution in [0.1, 0.15) is 72.5 Å². The average molecular weight is 474 g/mol. The molecule has 1 aliphatic heterocycles. The van der Waals surface area contributed by atoms with Gasteiger partial charge in [0.15, 0.2) is 5.11 Å². The average Bonchev–Trinajstić information content (AvgIpc) is 3.54. The first-order valence-electron chi connectivity index (χ1n) is 12.0. The Kier molecular flexibility index (Phi) is 5.90. The normalized spacial score (nSPS) is 19.9. The molecule has 7 heteroatoms. The van der Waals surface area contributed by atoms with Crippen LogP contribution >= 0.6 is 12.2 Å². The fourth-order valence-electron chi connectivity index (χ4n) is 5.12. The van der Waals surface area contributed by atoms with Gasteiger partial charge in [0, 0.05) is 41.4 Å². The molecule has 0 unspecified atom stereocenters. The van der Waals surface area contributed by atoms with Gasteiger partial charge >= 0.3 is 0 Å². The van der Waals surface area contributed by atoms with Crippen molar-refractivity contribution in [3.8, 4) is 0 Å². The Morgan fingerprint density at radius 2 is 1.97 bits per heavy atom. The number of benzene rings is 1. The van der Waals surface area contributed by atoms with Gasteiger partial charge in [-0.15, -0.1) is 0 Å². The molecule has 2 atom stereocenters. The van der Waals surface area contributed by atoms with Crippen molar-refractivity contribution in [2.75, 3.05) is 10.2 Å². The highest BCUT2D eigenvalue weighted by atomic mass is 32.1. The van der Waals surface area contributed by atoms with Crippen LogP contribution in [0.2, 0.25) is 0 Å². The van der Waals surface area contributed by atoms with Crippen LogP contribution < -0.4 is 15.5 Å². The Morgan fingerprint density at radius 1 is 1.18 bits per heavy atom. The van der Waals surface area contributed by atoms with E-state index in [1.54, 1.807) is 0 Å². The molecule has 2 fully saturated rings. The van der Waals surface area contributed by atoms with Gasteiger partial charge < -0.3 is 20.1 Å². The Morgan fingerprint density at radius 3 is 2.62 bits per heavy atom. The monoisotopic (exact) mass is 473 g/mol. The largest absolute Gasteiger partial charge is 0.351 e. The maximum absolute atomic E-state index is 11.9. The molecule has 5 rings (SSSR count). The van der Waals surface area contributed by atoms with Gasteiger partial charge in [0.1, 0.15) is 0 Å². The smallest absolute Gasteiger partial charge is 0.224 e. The lowest BCUT2D eigenvalue weighted by Gasteiger charge is -2.29. The van der Waals surface area contributed by atoms with E-state index >= 15 is 0 Å². The molecule has 2 aromatic heterocycles. The lowest BCUT2D eigenvalue weighted by Crippen LogP contribution is -2.29. The predicted octanol–water partition coefficient (Wildman–Crippen LogP) is 5.67. The van der Waals surface area contributed by atoms with E-state index in [1.807, 2.05) is 44.3 Å². The van der Waals surface area contributed by atoms with Crippen molar-refractivity contribution < 1.29 is 4.79 Å². The molecular weight excluding hydrogens is 442 g/mol. The standard InChI is InChI=1S/C27H31N5OS/c1-5-24(33)29-22-12-11-20(14-16(22)2)32-26(21-15-17(3)31(18(21)4)19-9-10-19)25(30-27(32)34)23-8-6-7-13-28-23/h6-8,11-15,19,25-26H,5,9-10H2,1-4H3,(H,29,33)(H,30,34)/t25-,26+/m1/s1. The van der Waals surface area contributed by atoms with Gasteiger partial charge in [-0.25, -0.2) is 0 Å². The number of aromatic nitrogens is 2. The van der Waals surface area contributed by atoms with E-state index in [0.29, 0.717) is 17.6 Å². The molecule has 3 heterocycles. The molecule has 0 spiro atoms.